The van der Waals surface area contributed by atoms with Gasteiger partial charge in [-0.2, -0.15) is 0 Å². The molecule has 3 N–H and O–H groups in total. The molecule has 0 aromatic carbocycles. The number of hydrogen-bond donors (Lipinski definition) is 3. The van der Waals surface area contributed by atoms with Crippen molar-refractivity contribution in [1.29, 1.82) is 0 Å². The van der Waals surface area contributed by atoms with Crippen LogP contribution in [-0.2, 0) is 65.4 Å². The van der Waals surface area contributed by atoms with Gasteiger partial charge >= 0.3 is 39.5 Å². The number of ether oxygens (including phenoxy) is 4. The summed E-state index contributed by atoms with van der Waals surface area (Å²) in [6, 6.07) is 0. The molecule has 0 rings (SSSR count). The second-order valence-corrected chi connectivity index (χ2v) is 32.2. The zero-order valence-corrected chi connectivity index (χ0v) is 66.4. The lowest BCUT2D eigenvalue weighted by atomic mass is 10.0. The summed E-state index contributed by atoms with van der Waals surface area (Å²) in [6.45, 7) is 7.30. The van der Waals surface area contributed by atoms with Gasteiger partial charge in [0.2, 0.25) is 0 Å². The zero-order chi connectivity index (χ0) is 72.7. The zero-order valence-electron chi connectivity index (χ0n) is 64.6. The van der Waals surface area contributed by atoms with E-state index < -0.39 is 97.5 Å². The lowest BCUT2D eigenvalue weighted by Gasteiger charge is -2.21. The van der Waals surface area contributed by atoms with E-state index in [0.29, 0.717) is 25.7 Å². The summed E-state index contributed by atoms with van der Waals surface area (Å²) in [5.74, 6) is -1.29. The highest BCUT2D eigenvalue weighted by Crippen LogP contribution is 2.45. The van der Waals surface area contributed by atoms with Crippen molar-refractivity contribution in [1.82, 2.24) is 0 Å². The van der Waals surface area contributed by atoms with E-state index in [1.807, 2.05) is 0 Å². The minimum atomic E-state index is -4.96. The largest absolute Gasteiger partial charge is 0.472 e. The molecule has 19 heteroatoms. The lowest BCUT2D eigenvalue weighted by Crippen LogP contribution is -2.30. The Kier molecular flexibility index (Phi) is 71.6. The summed E-state index contributed by atoms with van der Waals surface area (Å²) in [7, 11) is -9.91. The molecule has 0 spiro atoms. The van der Waals surface area contributed by atoms with Crippen LogP contribution < -0.4 is 0 Å². The van der Waals surface area contributed by atoms with Crippen LogP contribution in [0.2, 0.25) is 0 Å². The Morgan fingerprint density at radius 2 is 0.465 bits per heavy atom. The summed E-state index contributed by atoms with van der Waals surface area (Å²) >= 11 is 0. The SMILES string of the molecule is CCCCCCCCCCCCCCCCCCCCCCCC(=O)OC[C@H](COP(=O)(O)OC[C@@H](O)COP(=O)(O)OC[C@@H](COC(=O)CCCCCCCCCC)OC(=O)CCCCCCCCCCC)OC(=O)CCCCCCCCCCCCCCCCCCCCC(C)C. The van der Waals surface area contributed by atoms with E-state index in [1.54, 1.807) is 0 Å². The number of hydrogen-bond acceptors (Lipinski definition) is 15. The van der Waals surface area contributed by atoms with Crippen LogP contribution in [0.3, 0.4) is 0 Å². The average molecular weight is 1450 g/mol. The maximum Gasteiger partial charge on any atom is 0.472 e. The molecule has 5 atom stereocenters. The second-order valence-electron chi connectivity index (χ2n) is 29.3. The van der Waals surface area contributed by atoms with Gasteiger partial charge in [-0.25, -0.2) is 9.13 Å². The number of aliphatic hydroxyl groups excluding tert-OH is 1. The predicted octanol–water partition coefficient (Wildman–Crippen LogP) is 24.0. The smallest absolute Gasteiger partial charge is 0.462 e. The van der Waals surface area contributed by atoms with Gasteiger partial charge in [-0.3, -0.25) is 37.3 Å². The third-order valence-electron chi connectivity index (χ3n) is 18.8. The van der Waals surface area contributed by atoms with Crippen molar-refractivity contribution in [2.75, 3.05) is 39.6 Å². The number of phosphoric ester groups is 2. The minimum absolute atomic E-state index is 0.106. The molecule has 588 valence electrons. The van der Waals surface area contributed by atoms with Crippen LogP contribution in [0.4, 0.5) is 0 Å². The quantitative estimate of drug-likeness (QED) is 0.0222. The Balaban J connectivity index is 5.13. The van der Waals surface area contributed by atoms with Crippen molar-refractivity contribution in [2.24, 2.45) is 5.92 Å². The molecule has 0 saturated heterocycles. The molecular weight excluding hydrogens is 1290 g/mol. The van der Waals surface area contributed by atoms with Gasteiger partial charge in [0.05, 0.1) is 26.4 Å². The van der Waals surface area contributed by atoms with Crippen molar-refractivity contribution in [3.63, 3.8) is 0 Å². The number of aliphatic hydroxyl groups is 1. The molecule has 0 aromatic rings. The molecule has 0 aromatic heterocycles. The Labute approximate surface area is 607 Å². The van der Waals surface area contributed by atoms with Crippen molar-refractivity contribution in [2.45, 2.75) is 445 Å². The first-order valence-corrected chi connectivity index (χ1v) is 44.6. The lowest BCUT2D eigenvalue weighted by molar-refractivity contribution is -0.161. The van der Waals surface area contributed by atoms with Gasteiger partial charge in [-0.1, -0.05) is 375 Å². The molecule has 2 unspecified atom stereocenters. The molecule has 0 saturated carbocycles. The molecule has 0 amide bonds. The van der Waals surface area contributed by atoms with Gasteiger partial charge in [0.25, 0.3) is 0 Å². The maximum atomic E-state index is 13.1. The van der Waals surface area contributed by atoms with Crippen LogP contribution in [0.5, 0.6) is 0 Å². The number of unbranched alkanes of at least 4 members (excludes halogenated alkanes) is 52. The first kappa shape index (κ1) is 97.1. The van der Waals surface area contributed by atoms with Crippen LogP contribution in [0.25, 0.3) is 0 Å². The monoisotopic (exact) mass is 1450 g/mol. The molecule has 0 fully saturated rings. The van der Waals surface area contributed by atoms with E-state index in [9.17, 15) is 43.2 Å². The van der Waals surface area contributed by atoms with Gasteiger partial charge in [-0.15, -0.1) is 0 Å². The van der Waals surface area contributed by atoms with E-state index in [2.05, 4.69) is 34.6 Å². The molecule has 0 radical (unpaired) electrons. The standard InChI is InChI=1S/C80H156O17P2/c1-6-9-12-15-18-21-22-23-24-25-26-27-28-32-35-38-41-45-49-54-59-64-78(83)91-70-76(97-80(85)66-61-56-51-46-42-39-36-33-30-29-31-34-37-40-44-47-52-57-62-73(4)5)72-95-99(88,89)93-68-74(81)67-92-98(86,87)94-71-75(69-90-77(82)63-58-53-48-20-17-14-11-8-3)96-79(84)65-60-55-50-43-19-16-13-10-7-2/h73-76,81H,6-72H2,1-5H3,(H,86,87)(H,88,89)/t74-,75+,76+/m0/s1. The number of phosphoric acid groups is 2. The van der Waals surface area contributed by atoms with E-state index in [-0.39, 0.29) is 25.7 Å². The van der Waals surface area contributed by atoms with Crippen LogP contribution in [0.1, 0.15) is 426 Å². The third kappa shape index (κ3) is 74.1. The minimum Gasteiger partial charge on any atom is -0.462 e. The topological polar surface area (TPSA) is 237 Å². The van der Waals surface area contributed by atoms with Crippen LogP contribution in [0, 0.1) is 5.92 Å². The summed E-state index contributed by atoms with van der Waals surface area (Å²) in [5.41, 5.74) is 0. The number of carbonyl (C=O) groups excluding carboxylic acids is 4. The van der Waals surface area contributed by atoms with Gasteiger partial charge in [0.15, 0.2) is 12.2 Å². The Hall–Kier alpha value is -1.94. The highest BCUT2D eigenvalue weighted by atomic mass is 31.2. The molecule has 17 nitrogen and oxygen atoms in total. The van der Waals surface area contributed by atoms with Crippen molar-refractivity contribution in [3.05, 3.63) is 0 Å². The molecule has 0 aliphatic carbocycles. The first-order chi connectivity index (χ1) is 48.0. The molecular formula is C80H156O17P2. The van der Waals surface area contributed by atoms with E-state index in [1.165, 1.54) is 244 Å². The van der Waals surface area contributed by atoms with Gasteiger partial charge in [0, 0.05) is 25.7 Å². The van der Waals surface area contributed by atoms with Crippen molar-refractivity contribution in [3.8, 4) is 0 Å². The fraction of sp³-hybridized carbons (Fsp3) is 0.950. The summed E-state index contributed by atoms with van der Waals surface area (Å²) in [5, 5.41) is 10.6. The van der Waals surface area contributed by atoms with E-state index >= 15 is 0 Å². The van der Waals surface area contributed by atoms with Gasteiger partial charge in [-0.05, 0) is 31.6 Å². The number of carbonyl (C=O) groups is 4. The molecule has 0 heterocycles. The van der Waals surface area contributed by atoms with Crippen LogP contribution in [0.15, 0.2) is 0 Å². The number of esters is 4. The summed E-state index contributed by atoms with van der Waals surface area (Å²) < 4.78 is 68.5. The Morgan fingerprint density at radius 3 is 0.687 bits per heavy atom. The summed E-state index contributed by atoms with van der Waals surface area (Å²) in [6.07, 6.45) is 64.2. The van der Waals surface area contributed by atoms with E-state index in [0.717, 1.165) is 102 Å². The normalized spacial score (nSPS) is 13.9. The van der Waals surface area contributed by atoms with Gasteiger partial charge < -0.3 is 33.8 Å². The predicted molar refractivity (Wildman–Crippen MR) is 405 cm³/mol. The van der Waals surface area contributed by atoms with E-state index in [4.69, 9.17) is 37.0 Å². The highest BCUT2D eigenvalue weighted by Gasteiger charge is 2.30. The first-order valence-electron chi connectivity index (χ1n) is 41.6. The van der Waals surface area contributed by atoms with Crippen molar-refractivity contribution >= 4 is 39.5 Å². The molecule has 0 bridgehead atoms. The average Bonchev–Trinajstić information content (AvgIpc) is 1.04. The number of rotatable bonds is 80. The molecule has 0 aliphatic rings. The Bertz CT molecular complexity index is 1890. The Morgan fingerprint density at radius 1 is 0.273 bits per heavy atom. The van der Waals surface area contributed by atoms with Crippen LogP contribution in [-0.4, -0.2) is 96.7 Å². The van der Waals surface area contributed by atoms with Crippen LogP contribution >= 0.6 is 15.6 Å². The molecule has 0 aliphatic heterocycles. The highest BCUT2D eigenvalue weighted by molar-refractivity contribution is 7.47. The van der Waals surface area contributed by atoms with Gasteiger partial charge in [0.1, 0.15) is 19.3 Å². The third-order valence-corrected chi connectivity index (χ3v) is 20.7. The fourth-order valence-electron chi connectivity index (χ4n) is 12.4. The second kappa shape index (κ2) is 73.0. The van der Waals surface area contributed by atoms with Crippen molar-refractivity contribution < 1.29 is 80.2 Å². The maximum absolute atomic E-state index is 13.1. The molecule has 99 heavy (non-hydrogen) atoms. The fourth-order valence-corrected chi connectivity index (χ4v) is 14.0. The summed E-state index contributed by atoms with van der Waals surface area (Å²) in [4.78, 5) is 72.7.